The van der Waals surface area contributed by atoms with Gasteiger partial charge >= 0.3 is 0 Å². The van der Waals surface area contributed by atoms with Crippen molar-refractivity contribution < 1.29 is 9.53 Å². The van der Waals surface area contributed by atoms with Gasteiger partial charge in [0.1, 0.15) is 0 Å². The minimum atomic E-state index is -0.217. The molecule has 0 spiro atoms. The van der Waals surface area contributed by atoms with Gasteiger partial charge in [0, 0.05) is 31.7 Å². The van der Waals surface area contributed by atoms with Gasteiger partial charge in [0.25, 0.3) is 0 Å². The topological polar surface area (TPSA) is 64.3 Å². The predicted molar refractivity (Wildman–Crippen MR) is 59.5 cm³/mol. The molecule has 4 heteroatoms. The summed E-state index contributed by atoms with van der Waals surface area (Å²) in [5.41, 5.74) is 5.78. The molecule has 0 aromatic heterocycles. The van der Waals surface area contributed by atoms with Gasteiger partial charge in [0.2, 0.25) is 5.91 Å². The summed E-state index contributed by atoms with van der Waals surface area (Å²) in [6.07, 6.45) is 4.42. The fraction of sp³-hybridized carbons (Fsp3) is 0.909. The van der Waals surface area contributed by atoms with Crippen molar-refractivity contribution in [3.8, 4) is 0 Å². The van der Waals surface area contributed by atoms with Gasteiger partial charge in [-0.3, -0.25) is 4.79 Å². The first kappa shape index (κ1) is 12.5. The van der Waals surface area contributed by atoms with Crippen LogP contribution in [-0.2, 0) is 9.53 Å². The number of hydrogen-bond acceptors (Lipinski definition) is 3. The summed E-state index contributed by atoms with van der Waals surface area (Å²) in [7, 11) is 1.66. The molecule has 0 aromatic rings. The summed E-state index contributed by atoms with van der Waals surface area (Å²) in [5, 5.41) is 2.94. The monoisotopic (exact) mass is 214 g/mol. The molecule has 0 heterocycles. The Labute approximate surface area is 91.5 Å². The molecule has 1 aliphatic carbocycles. The smallest absolute Gasteiger partial charge is 0.222 e. The lowest BCUT2D eigenvalue weighted by molar-refractivity contribution is -0.123. The fourth-order valence-corrected chi connectivity index (χ4v) is 1.82. The zero-order valence-electron chi connectivity index (χ0n) is 9.71. The third-order valence-corrected chi connectivity index (χ3v) is 3.02. The molecule has 1 amide bonds. The maximum absolute atomic E-state index is 11.6. The second kappa shape index (κ2) is 5.47. The summed E-state index contributed by atoms with van der Waals surface area (Å²) < 4.78 is 4.95. The lowest BCUT2D eigenvalue weighted by atomic mass is 9.75. The zero-order valence-corrected chi connectivity index (χ0v) is 9.71. The molecular formula is C11H22N2O2. The van der Waals surface area contributed by atoms with Gasteiger partial charge in [0.15, 0.2) is 0 Å². The highest BCUT2D eigenvalue weighted by Crippen LogP contribution is 2.31. The Hall–Kier alpha value is -0.610. The van der Waals surface area contributed by atoms with Crippen molar-refractivity contribution >= 4 is 5.91 Å². The van der Waals surface area contributed by atoms with Gasteiger partial charge < -0.3 is 15.8 Å². The van der Waals surface area contributed by atoms with Crippen LogP contribution in [0.3, 0.4) is 0 Å². The minimum Gasteiger partial charge on any atom is -0.385 e. The Morgan fingerprint density at radius 3 is 2.73 bits per heavy atom. The highest BCUT2D eigenvalue weighted by atomic mass is 16.5. The number of carbonyl (C=O) groups excluding carboxylic acids is 1. The Bertz CT molecular complexity index is 215. The summed E-state index contributed by atoms with van der Waals surface area (Å²) in [4.78, 5) is 11.6. The quantitative estimate of drug-likeness (QED) is 0.687. The largest absolute Gasteiger partial charge is 0.385 e. The van der Waals surface area contributed by atoms with Crippen LogP contribution in [0.4, 0.5) is 0 Å². The highest BCUT2D eigenvalue weighted by Gasteiger charge is 2.34. The molecule has 88 valence electrons. The summed E-state index contributed by atoms with van der Waals surface area (Å²) in [6.45, 7) is 2.66. The Morgan fingerprint density at radius 1 is 1.60 bits per heavy atom. The molecule has 1 aliphatic rings. The van der Waals surface area contributed by atoms with Gasteiger partial charge in [-0.1, -0.05) is 0 Å². The summed E-state index contributed by atoms with van der Waals surface area (Å²) in [6, 6.07) is 0.168. The number of nitrogens with two attached hydrogens (primary N) is 1. The molecule has 0 bridgehead atoms. The normalized spacial score (nSPS) is 20.5. The van der Waals surface area contributed by atoms with E-state index < -0.39 is 0 Å². The van der Waals surface area contributed by atoms with Crippen LogP contribution in [0, 0.1) is 0 Å². The van der Waals surface area contributed by atoms with Crippen LogP contribution < -0.4 is 11.1 Å². The van der Waals surface area contributed by atoms with Crippen LogP contribution in [0.1, 0.15) is 39.0 Å². The van der Waals surface area contributed by atoms with E-state index in [4.69, 9.17) is 10.5 Å². The number of amides is 1. The van der Waals surface area contributed by atoms with E-state index in [1.54, 1.807) is 7.11 Å². The fourth-order valence-electron chi connectivity index (χ4n) is 1.82. The van der Waals surface area contributed by atoms with E-state index >= 15 is 0 Å². The third-order valence-electron chi connectivity index (χ3n) is 3.02. The van der Waals surface area contributed by atoms with Crippen LogP contribution in [0.25, 0.3) is 0 Å². The Morgan fingerprint density at radius 2 is 2.27 bits per heavy atom. The van der Waals surface area contributed by atoms with E-state index in [1.807, 2.05) is 6.92 Å². The maximum Gasteiger partial charge on any atom is 0.222 e. The zero-order chi connectivity index (χ0) is 11.3. The number of rotatable bonds is 6. The SMILES string of the molecule is COCCC(C)NC(=O)CC1(N)CCC1. The molecule has 0 aliphatic heterocycles. The molecule has 1 fully saturated rings. The van der Waals surface area contributed by atoms with Gasteiger partial charge in [0.05, 0.1) is 0 Å². The minimum absolute atomic E-state index is 0.0702. The van der Waals surface area contributed by atoms with Crippen LogP contribution >= 0.6 is 0 Å². The maximum atomic E-state index is 11.6. The van der Waals surface area contributed by atoms with Crippen molar-refractivity contribution in [1.29, 1.82) is 0 Å². The van der Waals surface area contributed by atoms with Crippen LogP contribution in [0.5, 0.6) is 0 Å². The summed E-state index contributed by atoms with van der Waals surface area (Å²) >= 11 is 0. The highest BCUT2D eigenvalue weighted by molar-refractivity contribution is 5.77. The van der Waals surface area contributed by atoms with Crippen molar-refractivity contribution in [1.82, 2.24) is 5.32 Å². The van der Waals surface area contributed by atoms with Crippen molar-refractivity contribution in [2.45, 2.75) is 50.6 Å². The van der Waals surface area contributed by atoms with E-state index in [1.165, 1.54) is 0 Å². The molecule has 0 aromatic carbocycles. The van der Waals surface area contributed by atoms with E-state index in [0.29, 0.717) is 13.0 Å². The standard InChI is InChI=1S/C11H22N2O2/c1-9(4-7-15-2)13-10(14)8-11(12)5-3-6-11/h9H,3-8,12H2,1-2H3,(H,13,14). The second-order valence-electron chi connectivity index (χ2n) is 4.64. The summed E-state index contributed by atoms with van der Waals surface area (Å²) in [5.74, 6) is 0.0702. The molecule has 15 heavy (non-hydrogen) atoms. The Kier molecular flexibility index (Phi) is 4.54. The first-order valence-electron chi connectivity index (χ1n) is 5.63. The third kappa shape index (κ3) is 4.18. The molecule has 3 N–H and O–H groups in total. The molecule has 1 rings (SSSR count). The molecule has 4 nitrogen and oxygen atoms in total. The van der Waals surface area contributed by atoms with E-state index in [2.05, 4.69) is 5.32 Å². The van der Waals surface area contributed by atoms with Gasteiger partial charge in [-0.15, -0.1) is 0 Å². The molecule has 0 radical (unpaired) electrons. The first-order chi connectivity index (χ1) is 7.06. The van der Waals surface area contributed by atoms with Gasteiger partial charge in [-0.05, 0) is 32.6 Å². The molecule has 1 atom stereocenters. The predicted octanol–water partition coefficient (Wildman–Crippen LogP) is 0.799. The number of ether oxygens (including phenoxy) is 1. The number of carbonyl (C=O) groups is 1. The van der Waals surface area contributed by atoms with Crippen LogP contribution in [-0.4, -0.2) is 31.2 Å². The van der Waals surface area contributed by atoms with Crippen molar-refractivity contribution in [2.24, 2.45) is 5.73 Å². The molecule has 1 unspecified atom stereocenters. The van der Waals surface area contributed by atoms with E-state index in [9.17, 15) is 4.79 Å². The van der Waals surface area contributed by atoms with Crippen LogP contribution in [0.15, 0.2) is 0 Å². The number of methoxy groups -OCH3 is 1. The Balaban J connectivity index is 2.17. The van der Waals surface area contributed by atoms with E-state index in [0.717, 1.165) is 25.7 Å². The number of hydrogen-bond donors (Lipinski definition) is 2. The number of nitrogens with one attached hydrogen (secondary N) is 1. The van der Waals surface area contributed by atoms with Crippen molar-refractivity contribution in [3.63, 3.8) is 0 Å². The second-order valence-corrected chi connectivity index (χ2v) is 4.64. The molecule has 1 saturated carbocycles. The van der Waals surface area contributed by atoms with Gasteiger partial charge in [-0.2, -0.15) is 0 Å². The average Bonchev–Trinajstić information content (AvgIpc) is 2.12. The van der Waals surface area contributed by atoms with Crippen LogP contribution in [0.2, 0.25) is 0 Å². The lowest BCUT2D eigenvalue weighted by Crippen LogP contribution is -2.50. The molecular weight excluding hydrogens is 192 g/mol. The lowest BCUT2D eigenvalue weighted by Gasteiger charge is -2.37. The van der Waals surface area contributed by atoms with E-state index in [-0.39, 0.29) is 17.5 Å². The molecule has 0 saturated heterocycles. The average molecular weight is 214 g/mol. The van der Waals surface area contributed by atoms with Crippen molar-refractivity contribution in [2.75, 3.05) is 13.7 Å². The first-order valence-corrected chi connectivity index (χ1v) is 5.63. The van der Waals surface area contributed by atoms with Gasteiger partial charge in [-0.25, -0.2) is 0 Å². The van der Waals surface area contributed by atoms with Crippen molar-refractivity contribution in [3.05, 3.63) is 0 Å².